The van der Waals surface area contributed by atoms with Crippen molar-refractivity contribution in [1.29, 1.82) is 0 Å². The van der Waals surface area contributed by atoms with Crippen LogP contribution in [0.4, 0.5) is 11.4 Å². The van der Waals surface area contributed by atoms with Crippen LogP contribution in [-0.2, 0) is 4.79 Å². The second-order valence-electron chi connectivity index (χ2n) is 5.29. The van der Waals surface area contributed by atoms with E-state index < -0.39 is 0 Å². The highest BCUT2D eigenvalue weighted by Crippen LogP contribution is 2.31. The maximum atomic E-state index is 12.2. The van der Waals surface area contributed by atoms with E-state index in [0.717, 1.165) is 30.9 Å². The van der Waals surface area contributed by atoms with Crippen LogP contribution in [0, 0.1) is 5.92 Å². The standard InChI is InChI=1S/C14H18ClN3O.2ClH/c15-10-1-4-12(17-11-2-3-11)13(7-10)18-14(19)9-5-6-16-8-9;;/h1,4,7,9,11,16-17H,2-3,5-6,8H2,(H,18,19);2*1H. The molecular weight excluding hydrogens is 333 g/mol. The minimum absolute atomic E-state index is 0. The Morgan fingerprint density at radius 2 is 1.95 bits per heavy atom. The van der Waals surface area contributed by atoms with Crippen LogP contribution in [-0.4, -0.2) is 25.0 Å². The number of hydrogen-bond acceptors (Lipinski definition) is 3. The Morgan fingerprint density at radius 3 is 2.57 bits per heavy atom. The van der Waals surface area contributed by atoms with Gasteiger partial charge in [-0.2, -0.15) is 0 Å². The Labute approximate surface area is 142 Å². The Morgan fingerprint density at radius 1 is 1.19 bits per heavy atom. The van der Waals surface area contributed by atoms with E-state index in [4.69, 9.17) is 11.6 Å². The van der Waals surface area contributed by atoms with Crippen molar-refractivity contribution in [2.75, 3.05) is 23.7 Å². The number of hydrogen-bond donors (Lipinski definition) is 3. The van der Waals surface area contributed by atoms with Crippen LogP contribution in [0.5, 0.6) is 0 Å². The Bertz CT molecular complexity index is 488. The first kappa shape index (κ1) is 18.4. The molecule has 3 N–H and O–H groups in total. The molecule has 0 bridgehead atoms. The highest BCUT2D eigenvalue weighted by atomic mass is 35.5. The van der Waals surface area contributed by atoms with Crippen LogP contribution in [0.3, 0.4) is 0 Å². The number of carbonyl (C=O) groups excluding carboxylic acids is 1. The first-order valence-electron chi connectivity index (χ1n) is 6.80. The van der Waals surface area contributed by atoms with Gasteiger partial charge in [-0.1, -0.05) is 11.6 Å². The molecule has 2 fully saturated rings. The molecule has 0 radical (unpaired) electrons. The minimum Gasteiger partial charge on any atom is -0.381 e. The fourth-order valence-corrected chi connectivity index (χ4v) is 2.48. The molecule has 0 aromatic heterocycles. The third-order valence-electron chi connectivity index (χ3n) is 3.61. The van der Waals surface area contributed by atoms with Crippen LogP contribution in [0.25, 0.3) is 0 Å². The second kappa shape index (κ2) is 8.08. The smallest absolute Gasteiger partial charge is 0.228 e. The molecule has 1 atom stereocenters. The van der Waals surface area contributed by atoms with Crippen LogP contribution in [0.2, 0.25) is 5.02 Å². The lowest BCUT2D eigenvalue weighted by atomic mass is 10.1. The summed E-state index contributed by atoms with van der Waals surface area (Å²) in [4.78, 5) is 12.2. The number of amides is 1. The van der Waals surface area contributed by atoms with Crippen molar-refractivity contribution < 1.29 is 4.79 Å². The first-order valence-corrected chi connectivity index (χ1v) is 7.18. The fourth-order valence-electron chi connectivity index (χ4n) is 2.31. The van der Waals surface area contributed by atoms with Gasteiger partial charge in [0.25, 0.3) is 0 Å². The molecule has 0 spiro atoms. The van der Waals surface area contributed by atoms with Crippen LogP contribution < -0.4 is 16.0 Å². The van der Waals surface area contributed by atoms with Gasteiger partial charge >= 0.3 is 0 Å². The summed E-state index contributed by atoms with van der Waals surface area (Å²) in [7, 11) is 0. The summed E-state index contributed by atoms with van der Waals surface area (Å²) in [6, 6.07) is 6.14. The molecule has 1 saturated carbocycles. The summed E-state index contributed by atoms with van der Waals surface area (Å²) >= 11 is 6.02. The Kier molecular flexibility index (Phi) is 7.07. The molecular formula is C14H20Cl3N3O. The molecule has 1 aromatic carbocycles. The number of anilines is 2. The molecule has 1 amide bonds. The maximum absolute atomic E-state index is 12.2. The number of carbonyl (C=O) groups is 1. The van der Waals surface area contributed by atoms with Crippen LogP contribution in [0.15, 0.2) is 18.2 Å². The third kappa shape index (κ3) is 4.92. The second-order valence-corrected chi connectivity index (χ2v) is 5.72. The van der Waals surface area contributed by atoms with E-state index in [-0.39, 0.29) is 36.6 Å². The zero-order valence-corrected chi connectivity index (χ0v) is 13.9. The van der Waals surface area contributed by atoms with Crippen molar-refractivity contribution in [3.05, 3.63) is 23.2 Å². The average Bonchev–Trinajstić information content (AvgIpc) is 3.03. The van der Waals surface area contributed by atoms with E-state index in [0.29, 0.717) is 11.1 Å². The molecule has 7 heteroatoms. The molecule has 4 nitrogen and oxygen atoms in total. The SMILES string of the molecule is Cl.Cl.O=C(Nc1cc(Cl)ccc1NC1CC1)C1CCNC1. The van der Waals surface area contributed by atoms with Crippen LogP contribution >= 0.6 is 36.4 Å². The molecule has 3 rings (SSSR count). The van der Waals surface area contributed by atoms with Crippen molar-refractivity contribution >= 4 is 53.7 Å². The minimum atomic E-state index is 0. The summed E-state index contributed by atoms with van der Waals surface area (Å²) in [5, 5.41) is 10.3. The van der Waals surface area contributed by atoms with Crippen molar-refractivity contribution in [1.82, 2.24) is 5.32 Å². The topological polar surface area (TPSA) is 53.2 Å². The van der Waals surface area contributed by atoms with Gasteiger partial charge in [-0.25, -0.2) is 0 Å². The largest absolute Gasteiger partial charge is 0.381 e. The van der Waals surface area contributed by atoms with Crippen LogP contribution in [0.1, 0.15) is 19.3 Å². The van der Waals surface area contributed by atoms with Gasteiger partial charge in [0.05, 0.1) is 17.3 Å². The average molecular weight is 353 g/mol. The molecule has 1 aliphatic heterocycles. The molecule has 2 aliphatic rings. The van der Waals surface area contributed by atoms with E-state index in [1.54, 1.807) is 0 Å². The predicted octanol–water partition coefficient (Wildman–Crippen LogP) is 3.31. The summed E-state index contributed by atoms with van der Waals surface area (Å²) in [6.45, 7) is 1.68. The van der Waals surface area contributed by atoms with Gasteiger partial charge in [0.1, 0.15) is 0 Å². The number of benzene rings is 1. The molecule has 1 aromatic rings. The van der Waals surface area contributed by atoms with Crippen molar-refractivity contribution in [3.8, 4) is 0 Å². The summed E-state index contributed by atoms with van der Waals surface area (Å²) in [5.74, 6) is 0.138. The normalized spacial score (nSPS) is 20.1. The highest BCUT2D eigenvalue weighted by molar-refractivity contribution is 6.31. The van der Waals surface area contributed by atoms with E-state index in [9.17, 15) is 4.79 Å². The quantitative estimate of drug-likeness (QED) is 0.779. The monoisotopic (exact) mass is 351 g/mol. The van der Waals surface area contributed by atoms with Gasteiger partial charge in [0.2, 0.25) is 5.91 Å². The molecule has 118 valence electrons. The van der Waals surface area contributed by atoms with Gasteiger partial charge in [-0.05, 0) is 44.0 Å². The van der Waals surface area contributed by atoms with E-state index >= 15 is 0 Å². The highest BCUT2D eigenvalue weighted by Gasteiger charge is 2.25. The molecule has 1 unspecified atom stereocenters. The maximum Gasteiger partial charge on any atom is 0.228 e. The zero-order chi connectivity index (χ0) is 13.2. The van der Waals surface area contributed by atoms with Gasteiger partial charge in [-0.15, -0.1) is 24.8 Å². The van der Waals surface area contributed by atoms with Gasteiger partial charge < -0.3 is 16.0 Å². The van der Waals surface area contributed by atoms with Crippen molar-refractivity contribution in [3.63, 3.8) is 0 Å². The van der Waals surface area contributed by atoms with Gasteiger partial charge in [0, 0.05) is 17.6 Å². The van der Waals surface area contributed by atoms with Gasteiger partial charge in [0.15, 0.2) is 0 Å². The Balaban J connectivity index is 0.00000110. The third-order valence-corrected chi connectivity index (χ3v) is 3.84. The molecule has 1 heterocycles. The Hall–Kier alpha value is -0.680. The first-order chi connectivity index (χ1) is 9.22. The predicted molar refractivity (Wildman–Crippen MR) is 92.2 cm³/mol. The number of rotatable bonds is 4. The molecule has 1 saturated heterocycles. The summed E-state index contributed by atoms with van der Waals surface area (Å²) < 4.78 is 0. The number of halogens is 3. The van der Waals surface area contributed by atoms with Gasteiger partial charge in [-0.3, -0.25) is 4.79 Å². The lowest BCUT2D eigenvalue weighted by molar-refractivity contribution is -0.119. The summed E-state index contributed by atoms with van der Waals surface area (Å²) in [6.07, 6.45) is 3.29. The lowest BCUT2D eigenvalue weighted by Gasteiger charge is -2.15. The number of nitrogens with one attached hydrogen (secondary N) is 3. The fraction of sp³-hybridized carbons (Fsp3) is 0.500. The van der Waals surface area contributed by atoms with E-state index in [2.05, 4.69) is 16.0 Å². The van der Waals surface area contributed by atoms with E-state index in [1.807, 2.05) is 18.2 Å². The van der Waals surface area contributed by atoms with E-state index in [1.165, 1.54) is 12.8 Å². The molecule has 1 aliphatic carbocycles. The zero-order valence-electron chi connectivity index (χ0n) is 11.5. The summed E-state index contributed by atoms with van der Waals surface area (Å²) in [5.41, 5.74) is 1.75. The lowest BCUT2D eigenvalue weighted by Crippen LogP contribution is -2.25. The van der Waals surface area contributed by atoms with Crippen molar-refractivity contribution in [2.45, 2.75) is 25.3 Å². The molecule has 21 heavy (non-hydrogen) atoms. The van der Waals surface area contributed by atoms with Crippen molar-refractivity contribution in [2.24, 2.45) is 5.92 Å².